The van der Waals surface area contributed by atoms with E-state index in [4.69, 9.17) is 0 Å². The SMILES string of the molecule is CC.CC.CCC1CC=CC=C1N1CCCC1. The molecule has 0 aromatic heterocycles. The molecule has 17 heavy (non-hydrogen) atoms. The summed E-state index contributed by atoms with van der Waals surface area (Å²) in [4.78, 5) is 2.58. The summed E-state index contributed by atoms with van der Waals surface area (Å²) in [5.41, 5.74) is 1.60. The van der Waals surface area contributed by atoms with Gasteiger partial charge in [-0.25, -0.2) is 0 Å². The molecule has 0 aromatic rings. The second-order valence-corrected chi connectivity index (χ2v) is 4.05. The van der Waals surface area contributed by atoms with Gasteiger partial charge in [-0.2, -0.15) is 0 Å². The zero-order valence-electron chi connectivity index (χ0n) is 12.5. The van der Waals surface area contributed by atoms with Crippen molar-refractivity contribution >= 4 is 0 Å². The van der Waals surface area contributed by atoms with Gasteiger partial charge in [0.1, 0.15) is 0 Å². The molecule has 0 radical (unpaired) electrons. The van der Waals surface area contributed by atoms with Gasteiger partial charge in [0.05, 0.1) is 0 Å². The molecule has 2 rings (SSSR count). The van der Waals surface area contributed by atoms with Crippen LogP contribution in [0.4, 0.5) is 0 Å². The molecule has 1 heterocycles. The number of likely N-dealkylation sites (tertiary alicyclic amines) is 1. The van der Waals surface area contributed by atoms with Crippen molar-refractivity contribution in [3.63, 3.8) is 0 Å². The van der Waals surface area contributed by atoms with Crippen LogP contribution < -0.4 is 0 Å². The zero-order chi connectivity index (χ0) is 13.1. The van der Waals surface area contributed by atoms with E-state index in [1.165, 1.54) is 38.8 Å². The smallest absolute Gasteiger partial charge is 0.0175 e. The molecule has 0 N–H and O–H groups in total. The lowest BCUT2D eigenvalue weighted by molar-refractivity contribution is 0.353. The van der Waals surface area contributed by atoms with Crippen molar-refractivity contribution in [3.8, 4) is 0 Å². The van der Waals surface area contributed by atoms with E-state index in [0.717, 1.165) is 5.92 Å². The Morgan fingerprint density at radius 2 is 1.71 bits per heavy atom. The molecule has 0 bridgehead atoms. The number of hydrogen-bond acceptors (Lipinski definition) is 1. The highest BCUT2D eigenvalue weighted by atomic mass is 15.2. The Morgan fingerprint density at radius 1 is 1.12 bits per heavy atom. The normalized spacial score (nSPS) is 22.1. The van der Waals surface area contributed by atoms with E-state index in [0.29, 0.717) is 0 Å². The van der Waals surface area contributed by atoms with Gasteiger partial charge < -0.3 is 4.90 Å². The van der Waals surface area contributed by atoms with E-state index in [1.54, 1.807) is 5.70 Å². The average molecular weight is 237 g/mol. The molecule has 1 saturated heterocycles. The molecular weight excluding hydrogens is 206 g/mol. The van der Waals surface area contributed by atoms with E-state index in [9.17, 15) is 0 Å². The van der Waals surface area contributed by atoms with Crippen LogP contribution in [0.1, 0.15) is 60.3 Å². The minimum absolute atomic E-state index is 0.795. The minimum atomic E-state index is 0.795. The first-order chi connectivity index (χ1) is 8.42. The molecule has 1 unspecified atom stereocenters. The van der Waals surface area contributed by atoms with Gasteiger partial charge in [-0.05, 0) is 31.8 Å². The fourth-order valence-corrected chi connectivity index (χ4v) is 2.38. The largest absolute Gasteiger partial charge is 0.375 e. The topological polar surface area (TPSA) is 3.24 Å². The van der Waals surface area contributed by atoms with Gasteiger partial charge in [0.25, 0.3) is 0 Å². The molecule has 0 amide bonds. The summed E-state index contributed by atoms with van der Waals surface area (Å²) in [6, 6.07) is 0. The Morgan fingerprint density at radius 3 is 2.24 bits per heavy atom. The Balaban J connectivity index is 0.000000581. The molecule has 0 aromatic carbocycles. The predicted octanol–water partition coefficient (Wildman–Crippen LogP) is 5.00. The van der Waals surface area contributed by atoms with Crippen LogP contribution in [0.5, 0.6) is 0 Å². The average Bonchev–Trinajstić information content (AvgIpc) is 2.97. The Hall–Kier alpha value is -0.720. The van der Waals surface area contributed by atoms with E-state index in [1.807, 2.05) is 27.7 Å². The van der Waals surface area contributed by atoms with Crippen LogP contribution in [0, 0.1) is 5.92 Å². The second kappa shape index (κ2) is 10.4. The maximum Gasteiger partial charge on any atom is 0.0175 e. The van der Waals surface area contributed by atoms with Crippen LogP contribution >= 0.6 is 0 Å². The lowest BCUT2D eigenvalue weighted by Crippen LogP contribution is -2.24. The van der Waals surface area contributed by atoms with E-state index >= 15 is 0 Å². The van der Waals surface area contributed by atoms with Crippen LogP contribution in [0.15, 0.2) is 23.9 Å². The highest BCUT2D eigenvalue weighted by Gasteiger charge is 2.21. The molecule has 1 heteroatoms. The first kappa shape index (κ1) is 16.3. The molecule has 2 aliphatic rings. The zero-order valence-corrected chi connectivity index (χ0v) is 12.5. The molecule has 100 valence electrons. The van der Waals surface area contributed by atoms with Crippen LogP contribution in [-0.2, 0) is 0 Å². The van der Waals surface area contributed by atoms with Crippen molar-refractivity contribution in [2.45, 2.75) is 60.3 Å². The van der Waals surface area contributed by atoms with E-state index in [-0.39, 0.29) is 0 Å². The van der Waals surface area contributed by atoms with Crippen molar-refractivity contribution in [2.24, 2.45) is 5.92 Å². The number of rotatable bonds is 2. The maximum atomic E-state index is 2.58. The minimum Gasteiger partial charge on any atom is -0.375 e. The quantitative estimate of drug-likeness (QED) is 0.653. The van der Waals surface area contributed by atoms with Gasteiger partial charge in [0.2, 0.25) is 0 Å². The summed E-state index contributed by atoms with van der Waals surface area (Å²) >= 11 is 0. The summed E-state index contributed by atoms with van der Waals surface area (Å²) < 4.78 is 0. The second-order valence-electron chi connectivity index (χ2n) is 4.05. The van der Waals surface area contributed by atoms with Gasteiger partial charge in [0.15, 0.2) is 0 Å². The molecule has 1 fully saturated rings. The van der Waals surface area contributed by atoms with Gasteiger partial charge in [-0.15, -0.1) is 0 Å². The van der Waals surface area contributed by atoms with Gasteiger partial charge in [-0.3, -0.25) is 0 Å². The number of hydrogen-bond donors (Lipinski definition) is 0. The first-order valence-electron chi connectivity index (χ1n) is 7.53. The van der Waals surface area contributed by atoms with Crippen LogP contribution in [0.3, 0.4) is 0 Å². The van der Waals surface area contributed by atoms with Crippen molar-refractivity contribution in [3.05, 3.63) is 23.9 Å². The standard InChI is InChI=1S/C12H19N.2C2H6/c1-2-11-7-3-4-8-12(11)13-9-5-6-10-13;2*1-2/h3-4,8,11H,2,5-7,9-10H2,1H3;2*1-2H3. The molecule has 1 nitrogen and oxygen atoms in total. The third-order valence-electron chi connectivity index (χ3n) is 3.21. The molecule has 1 atom stereocenters. The summed E-state index contributed by atoms with van der Waals surface area (Å²) in [7, 11) is 0. The molecular formula is C16H31N. The van der Waals surface area contributed by atoms with Gasteiger partial charge in [-0.1, -0.05) is 46.8 Å². The molecule has 0 spiro atoms. The molecule has 1 aliphatic carbocycles. The fourth-order valence-electron chi connectivity index (χ4n) is 2.38. The predicted molar refractivity (Wildman–Crippen MR) is 79.1 cm³/mol. The maximum absolute atomic E-state index is 2.58. The number of allylic oxidation sites excluding steroid dienone is 4. The highest BCUT2D eigenvalue weighted by molar-refractivity contribution is 5.20. The van der Waals surface area contributed by atoms with Crippen molar-refractivity contribution in [1.29, 1.82) is 0 Å². The van der Waals surface area contributed by atoms with Gasteiger partial charge >= 0.3 is 0 Å². The van der Waals surface area contributed by atoms with Crippen LogP contribution in [0.2, 0.25) is 0 Å². The fraction of sp³-hybridized carbons (Fsp3) is 0.750. The van der Waals surface area contributed by atoms with E-state index in [2.05, 4.69) is 30.1 Å². The summed E-state index contributed by atoms with van der Waals surface area (Å²) in [5.74, 6) is 0.795. The third-order valence-corrected chi connectivity index (χ3v) is 3.21. The van der Waals surface area contributed by atoms with Crippen LogP contribution in [-0.4, -0.2) is 18.0 Å². The van der Waals surface area contributed by atoms with Crippen molar-refractivity contribution in [2.75, 3.05) is 13.1 Å². The van der Waals surface area contributed by atoms with E-state index < -0.39 is 0 Å². The molecule has 0 saturated carbocycles. The Labute approximate surface area is 109 Å². The summed E-state index contributed by atoms with van der Waals surface area (Å²) in [6.45, 7) is 12.9. The lowest BCUT2D eigenvalue weighted by atomic mass is 9.93. The Bertz CT molecular complexity index is 222. The number of nitrogens with zero attached hydrogens (tertiary/aromatic N) is 1. The lowest BCUT2D eigenvalue weighted by Gasteiger charge is -2.29. The van der Waals surface area contributed by atoms with Crippen LogP contribution in [0.25, 0.3) is 0 Å². The summed E-state index contributed by atoms with van der Waals surface area (Å²) in [6.07, 6.45) is 12.1. The monoisotopic (exact) mass is 237 g/mol. The highest BCUT2D eigenvalue weighted by Crippen LogP contribution is 2.28. The molecule has 1 aliphatic heterocycles. The van der Waals surface area contributed by atoms with Gasteiger partial charge in [0, 0.05) is 24.7 Å². The van der Waals surface area contributed by atoms with Crippen molar-refractivity contribution in [1.82, 2.24) is 4.90 Å². The Kier molecular flexibility index (Phi) is 9.99. The summed E-state index contributed by atoms with van der Waals surface area (Å²) in [5, 5.41) is 0. The first-order valence-corrected chi connectivity index (χ1v) is 7.53. The third kappa shape index (κ3) is 4.97. The van der Waals surface area contributed by atoms with Crippen molar-refractivity contribution < 1.29 is 0 Å².